The molecule has 0 aliphatic heterocycles. The Morgan fingerprint density at radius 3 is 2.89 bits per heavy atom. The van der Waals surface area contributed by atoms with E-state index in [1.165, 1.54) is 12.3 Å². The van der Waals surface area contributed by atoms with Gasteiger partial charge in [-0.3, -0.25) is 0 Å². The van der Waals surface area contributed by atoms with E-state index in [-0.39, 0.29) is 11.4 Å². The highest BCUT2D eigenvalue weighted by Crippen LogP contribution is 2.23. The topological polar surface area (TPSA) is 59.4 Å². The summed E-state index contributed by atoms with van der Waals surface area (Å²) in [6, 6.07) is 10.5. The second-order valence-corrected chi connectivity index (χ2v) is 3.76. The Labute approximate surface area is 105 Å². The summed E-state index contributed by atoms with van der Waals surface area (Å²) in [5.74, 6) is -0.349. The number of aromatic carboxylic acids is 1. The monoisotopic (exact) mass is 243 g/mol. The number of ether oxygens (including phenoxy) is 1. The molecule has 0 fully saturated rings. The summed E-state index contributed by atoms with van der Waals surface area (Å²) in [6.07, 6.45) is 2.40. The van der Waals surface area contributed by atoms with Gasteiger partial charge in [0.15, 0.2) is 0 Å². The number of rotatable bonds is 4. The predicted octanol–water partition coefficient (Wildman–Crippen LogP) is 3.13. The zero-order valence-corrected chi connectivity index (χ0v) is 9.96. The second kappa shape index (κ2) is 5.31. The lowest BCUT2D eigenvalue weighted by Crippen LogP contribution is -2.01. The van der Waals surface area contributed by atoms with Crippen LogP contribution in [0.2, 0.25) is 0 Å². The molecule has 4 heteroatoms. The fourth-order valence-corrected chi connectivity index (χ4v) is 1.58. The number of aromatic nitrogens is 1. The number of hydrogen-bond acceptors (Lipinski definition) is 3. The molecule has 4 nitrogen and oxygen atoms in total. The van der Waals surface area contributed by atoms with Crippen LogP contribution in [0.1, 0.15) is 22.8 Å². The van der Waals surface area contributed by atoms with Crippen LogP contribution in [0, 0.1) is 0 Å². The number of hydrogen-bond donors (Lipinski definition) is 1. The van der Waals surface area contributed by atoms with Crippen molar-refractivity contribution in [2.24, 2.45) is 0 Å². The van der Waals surface area contributed by atoms with Crippen LogP contribution in [-0.4, -0.2) is 16.1 Å². The van der Waals surface area contributed by atoms with E-state index in [1.807, 2.05) is 25.1 Å². The van der Waals surface area contributed by atoms with Crippen molar-refractivity contribution in [2.45, 2.75) is 13.3 Å². The van der Waals surface area contributed by atoms with E-state index >= 15 is 0 Å². The maximum atomic E-state index is 11.0. The molecule has 0 aliphatic carbocycles. The van der Waals surface area contributed by atoms with Crippen LogP contribution in [0.3, 0.4) is 0 Å². The second-order valence-electron chi connectivity index (χ2n) is 3.76. The Hall–Kier alpha value is -2.36. The molecule has 0 unspecified atom stereocenters. The van der Waals surface area contributed by atoms with Gasteiger partial charge in [0.1, 0.15) is 11.3 Å². The highest BCUT2D eigenvalue weighted by atomic mass is 16.5. The molecule has 2 rings (SSSR count). The molecule has 1 aromatic carbocycles. The minimum absolute atomic E-state index is 0.0550. The van der Waals surface area contributed by atoms with Gasteiger partial charge in [0.2, 0.25) is 5.88 Å². The molecular weight excluding hydrogens is 230 g/mol. The summed E-state index contributed by atoms with van der Waals surface area (Å²) in [5.41, 5.74) is 1.18. The number of carboxylic acid groups (broad SMARTS) is 1. The maximum absolute atomic E-state index is 11.0. The maximum Gasteiger partial charge on any atom is 0.341 e. The van der Waals surface area contributed by atoms with Crippen molar-refractivity contribution in [2.75, 3.05) is 0 Å². The average Bonchev–Trinajstić information content (AvgIpc) is 2.39. The molecule has 18 heavy (non-hydrogen) atoms. The molecule has 0 saturated heterocycles. The smallest absolute Gasteiger partial charge is 0.341 e. The first kappa shape index (κ1) is 12.1. The van der Waals surface area contributed by atoms with Gasteiger partial charge in [-0.15, -0.1) is 0 Å². The van der Waals surface area contributed by atoms with E-state index in [9.17, 15) is 4.79 Å². The summed E-state index contributed by atoms with van der Waals surface area (Å²) in [4.78, 5) is 15.0. The first-order valence-corrected chi connectivity index (χ1v) is 5.66. The van der Waals surface area contributed by atoms with Gasteiger partial charge in [-0.2, -0.15) is 0 Å². The summed E-state index contributed by atoms with van der Waals surface area (Å²) in [6.45, 7) is 2.04. The van der Waals surface area contributed by atoms with Crippen molar-refractivity contribution in [1.82, 2.24) is 4.98 Å². The van der Waals surface area contributed by atoms with E-state index < -0.39 is 5.97 Å². The normalized spacial score (nSPS) is 10.1. The quantitative estimate of drug-likeness (QED) is 0.896. The molecule has 0 bridgehead atoms. The van der Waals surface area contributed by atoms with Crippen molar-refractivity contribution < 1.29 is 14.6 Å². The molecule has 1 aromatic heterocycles. The van der Waals surface area contributed by atoms with Crippen molar-refractivity contribution in [3.8, 4) is 11.6 Å². The first-order chi connectivity index (χ1) is 8.70. The lowest BCUT2D eigenvalue weighted by Gasteiger charge is -2.08. The number of benzene rings is 1. The molecule has 0 radical (unpaired) electrons. The Morgan fingerprint density at radius 1 is 1.33 bits per heavy atom. The highest BCUT2D eigenvalue weighted by molar-refractivity contribution is 5.90. The van der Waals surface area contributed by atoms with Crippen LogP contribution in [0.5, 0.6) is 11.6 Å². The van der Waals surface area contributed by atoms with Gasteiger partial charge in [0.25, 0.3) is 0 Å². The van der Waals surface area contributed by atoms with Gasteiger partial charge in [-0.05, 0) is 36.2 Å². The minimum atomic E-state index is -1.05. The molecule has 1 heterocycles. The molecule has 92 valence electrons. The van der Waals surface area contributed by atoms with E-state index in [1.54, 1.807) is 12.1 Å². The van der Waals surface area contributed by atoms with Crippen molar-refractivity contribution in [3.05, 3.63) is 53.7 Å². The van der Waals surface area contributed by atoms with Crippen LogP contribution < -0.4 is 4.74 Å². The van der Waals surface area contributed by atoms with Gasteiger partial charge in [0.05, 0.1) is 0 Å². The molecule has 0 aliphatic rings. The van der Waals surface area contributed by atoms with E-state index in [2.05, 4.69) is 4.98 Å². The van der Waals surface area contributed by atoms with Gasteiger partial charge < -0.3 is 9.84 Å². The summed E-state index contributed by atoms with van der Waals surface area (Å²) >= 11 is 0. The molecular formula is C14H13NO3. The highest BCUT2D eigenvalue weighted by Gasteiger charge is 2.12. The SMILES string of the molecule is CCc1cccc(Oc2ncccc2C(=O)O)c1. The number of pyridine rings is 1. The Morgan fingerprint density at radius 2 is 2.17 bits per heavy atom. The summed E-state index contributed by atoms with van der Waals surface area (Å²) in [7, 11) is 0. The average molecular weight is 243 g/mol. The lowest BCUT2D eigenvalue weighted by atomic mass is 10.2. The largest absolute Gasteiger partial charge is 0.477 e. The predicted molar refractivity (Wildman–Crippen MR) is 67.1 cm³/mol. The number of carboxylic acids is 1. The Balaban J connectivity index is 2.31. The van der Waals surface area contributed by atoms with Gasteiger partial charge >= 0.3 is 5.97 Å². The van der Waals surface area contributed by atoms with E-state index in [0.717, 1.165) is 12.0 Å². The van der Waals surface area contributed by atoms with Crippen LogP contribution >= 0.6 is 0 Å². The third-order valence-electron chi connectivity index (χ3n) is 2.52. The zero-order valence-electron chi connectivity index (χ0n) is 9.96. The van der Waals surface area contributed by atoms with Crippen LogP contribution in [-0.2, 0) is 6.42 Å². The number of nitrogens with zero attached hydrogens (tertiary/aromatic N) is 1. The summed E-state index contributed by atoms with van der Waals surface area (Å²) in [5, 5.41) is 9.02. The first-order valence-electron chi connectivity index (χ1n) is 5.66. The Bertz CT molecular complexity index is 566. The number of aryl methyl sites for hydroxylation is 1. The standard InChI is InChI=1S/C14H13NO3/c1-2-10-5-3-6-11(9-10)18-13-12(14(16)17)7-4-8-15-13/h3-9H,2H2,1H3,(H,16,17). The lowest BCUT2D eigenvalue weighted by molar-refractivity contribution is 0.0693. The van der Waals surface area contributed by atoms with Crippen molar-refractivity contribution >= 4 is 5.97 Å². The van der Waals surface area contributed by atoms with E-state index in [0.29, 0.717) is 5.75 Å². The fraction of sp³-hybridized carbons (Fsp3) is 0.143. The van der Waals surface area contributed by atoms with E-state index in [4.69, 9.17) is 9.84 Å². The van der Waals surface area contributed by atoms with Crippen LogP contribution in [0.25, 0.3) is 0 Å². The van der Waals surface area contributed by atoms with Gasteiger partial charge in [-0.1, -0.05) is 19.1 Å². The zero-order chi connectivity index (χ0) is 13.0. The Kier molecular flexibility index (Phi) is 3.57. The van der Waals surface area contributed by atoms with Crippen LogP contribution in [0.15, 0.2) is 42.6 Å². The molecule has 0 spiro atoms. The van der Waals surface area contributed by atoms with Gasteiger partial charge in [0, 0.05) is 6.20 Å². The van der Waals surface area contributed by atoms with Crippen molar-refractivity contribution in [3.63, 3.8) is 0 Å². The van der Waals surface area contributed by atoms with Crippen LogP contribution in [0.4, 0.5) is 0 Å². The fourth-order valence-electron chi connectivity index (χ4n) is 1.58. The molecule has 0 amide bonds. The third-order valence-corrected chi connectivity index (χ3v) is 2.52. The summed E-state index contributed by atoms with van der Waals surface area (Å²) < 4.78 is 5.52. The molecule has 0 saturated carbocycles. The molecule has 2 aromatic rings. The molecule has 0 atom stereocenters. The van der Waals surface area contributed by atoms with Crippen molar-refractivity contribution in [1.29, 1.82) is 0 Å². The minimum Gasteiger partial charge on any atom is -0.477 e. The van der Waals surface area contributed by atoms with Gasteiger partial charge in [-0.25, -0.2) is 9.78 Å². The third kappa shape index (κ3) is 2.66. The molecule has 1 N–H and O–H groups in total. The number of carbonyl (C=O) groups is 1.